The molecular weight excluding hydrogens is 296 g/mol. The topological polar surface area (TPSA) is 79.5 Å². The van der Waals surface area contributed by atoms with Crippen molar-refractivity contribution in [2.75, 3.05) is 13.6 Å². The fourth-order valence-electron chi connectivity index (χ4n) is 2.72. The van der Waals surface area contributed by atoms with E-state index >= 15 is 0 Å². The third-order valence-corrected chi connectivity index (χ3v) is 3.88. The lowest BCUT2D eigenvalue weighted by atomic mass is 10.0. The summed E-state index contributed by atoms with van der Waals surface area (Å²) in [5.74, 6) is 0.655. The van der Waals surface area contributed by atoms with E-state index in [0.717, 1.165) is 5.56 Å². The van der Waals surface area contributed by atoms with Gasteiger partial charge in [0.15, 0.2) is 5.82 Å². The summed E-state index contributed by atoms with van der Waals surface area (Å²) >= 11 is 0. The second kappa shape index (κ2) is 6.20. The minimum absolute atomic E-state index is 0.0704. The highest BCUT2D eigenvalue weighted by Gasteiger charge is 2.38. The van der Waals surface area contributed by atoms with Gasteiger partial charge in [-0.25, -0.2) is 0 Å². The van der Waals surface area contributed by atoms with Crippen LogP contribution in [-0.4, -0.2) is 51.4 Å². The van der Waals surface area contributed by atoms with Gasteiger partial charge < -0.3 is 14.3 Å². The summed E-state index contributed by atoms with van der Waals surface area (Å²) in [6.07, 6.45) is 0.465. The summed E-state index contributed by atoms with van der Waals surface area (Å²) in [6, 6.07) is 9.10. The van der Waals surface area contributed by atoms with Crippen LogP contribution in [0.4, 0.5) is 0 Å². The van der Waals surface area contributed by atoms with Gasteiger partial charge in [0.25, 0.3) is 0 Å². The van der Waals surface area contributed by atoms with Crippen LogP contribution in [0, 0.1) is 6.92 Å². The first-order valence-corrected chi connectivity index (χ1v) is 7.42. The molecule has 1 aliphatic rings. The number of amides is 2. The lowest BCUT2D eigenvalue weighted by Crippen LogP contribution is -2.59. The molecular formula is C16H18N4O3. The molecule has 7 heteroatoms. The molecule has 1 fully saturated rings. The van der Waals surface area contributed by atoms with Crippen LogP contribution in [0.25, 0.3) is 0 Å². The van der Waals surface area contributed by atoms with Gasteiger partial charge in [0.1, 0.15) is 6.04 Å². The van der Waals surface area contributed by atoms with Gasteiger partial charge >= 0.3 is 0 Å². The van der Waals surface area contributed by atoms with Crippen LogP contribution >= 0.6 is 0 Å². The van der Waals surface area contributed by atoms with E-state index < -0.39 is 6.04 Å². The largest absolute Gasteiger partial charge is 0.340 e. The lowest BCUT2D eigenvalue weighted by molar-refractivity contribution is -0.155. The number of benzene rings is 1. The highest BCUT2D eigenvalue weighted by Crippen LogP contribution is 2.18. The Labute approximate surface area is 133 Å². The molecule has 2 amide bonds. The summed E-state index contributed by atoms with van der Waals surface area (Å²) in [5.41, 5.74) is 1.00. The van der Waals surface area contributed by atoms with Crippen molar-refractivity contribution in [2.45, 2.75) is 25.9 Å². The van der Waals surface area contributed by atoms with Crippen molar-refractivity contribution >= 4 is 11.8 Å². The highest BCUT2D eigenvalue weighted by atomic mass is 16.5. The Morgan fingerprint density at radius 2 is 2.00 bits per heavy atom. The second-order valence-electron chi connectivity index (χ2n) is 5.65. The Balaban J connectivity index is 1.85. The quantitative estimate of drug-likeness (QED) is 0.833. The van der Waals surface area contributed by atoms with Crippen LogP contribution in [0.15, 0.2) is 34.9 Å². The molecule has 23 heavy (non-hydrogen) atoms. The predicted octanol–water partition coefficient (Wildman–Crippen LogP) is 0.790. The average Bonchev–Trinajstić information content (AvgIpc) is 2.95. The first kappa shape index (κ1) is 15.2. The van der Waals surface area contributed by atoms with E-state index in [0.29, 0.717) is 18.1 Å². The van der Waals surface area contributed by atoms with Crippen molar-refractivity contribution in [1.29, 1.82) is 0 Å². The maximum absolute atomic E-state index is 12.5. The Morgan fingerprint density at radius 3 is 2.65 bits per heavy atom. The lowest BCUT2D eigenvalue weighted by Gasteiger charge is -2.38. The molecule has 0 unspecified atom stereocenters. The zero-order valence-electron chi connectivity index (χ0n) is 13.1. The summed E-state index contributed by atoms with van der Waals surface area (Å²) in [6.45, 7) is 1.93. The van der Waals surface area contributed by atoms with E-state index in [4.69, 9.17) is 4.52 Å². The van der Waals surface area contributed by atoms with Crippen LogP contribution in [0.2, 0.25) is 0 Å². The van der Waals surface area contributed by atoms with Gasteiger partial charge in [-0.1, -0.05) is 35.5 Å². The molecule has 1 atom stereocenters. The number of hydrogen-bond donors (Lipinski definition) is 0. The van der Waals surface area contributed by atoms with E-state index in [1.807, 2.05) is 30.3 Å². The number of rotatable bonds is 4. The standard InChI is InChI=1S/C16H18N4O3/c1-11-17-14(18-23-11)9-20-13(8-12-6-4-3-5-7-12)16(22)19(2)10-15(20)21/h3-7,13H,8-10H2,1-2H3/t13-/m1/s1. The molecule has 0 bridgehead atoms. The zero-order valence-corrected chi connectivity index (χ0v) is 13.1. The summed E-state index contributed by atoms with van der Waals surface area (Å²) in [5, 5.41) is 3.82. The van der Waals surface area contributed by atoms with Crippen molar-refractivity contribution in [3.8, 4) is 0 Å². The maximum atomic E-state index is 12.5. The number of likely N-dealkylation sites (N-methyl/N-ethyl adjacent to an activating group) is 1. The van der Waals surface area contributed by atoms with E-state index in [1.54, 1.807) is 18.9 Å². The SMILES string of the molecule is Cc1nc(CN2C(=O)CN(C)C(=O)[C@H]2Cc2ccccc2)no1. The van der Waals surface area contributed by atoms with E-state index in [-0.39, 0.29) is 24.9 Å². The minimum atomic E-state index is -0.553. The molecule has 0 aliphatic carbocycles. The van der Waals surface area contributed by atoms with E-state index in [1.165, 1.54) is 4.90 Å². The number of aromatic nitrogens is 2. The zero-order chi connectivity index (χ0) is 16.4. The Hall–Kier alpha value is -2.70. The van der Waals surface area contributed by atoms with Gasteiger partial charge in [-0.2, -0.15) is 4.98 Å². The number of hydrogen-bond acceptors (Lipinski definition) is 5. The van der Waals surface area contributed by atoms with Gasteiger partial charge in [-0.3, -0.25) is 9.59 Å². The van der Waals surface area contributed by atoms with Crippen LogP contribution in [0.3, 0.4) is 0 Å². The van der Waals surface area contributed by atoms with Crippen molar-refractivity contribution in [2.24, 2.45) is 0 Å². The normalized spacial score (nSPS) is 18.6. The van der Waals surface area contributed by atoms with Gasteiger partial charge in [-0.05, 0) is 5.56 Å². The number of carbonyl (C=O) groups is 2. The molecule has 1 aliphatic heterocycles. The average molecular weight is 314 g/mol. The minimum Gasteiger partial charge on any atom is -0.340 e. The number of aryl methyl sites for hydroxylation is 1. The van der Waals surface area contributed by atoms with E-state index in [9.17, 15) is 9.59 Å². The number of carbonyl (C=O) groups excluding carboxylic acids is 2. The van der Waals surface area contributed by atoms with Crippen molar-refractivity contribution in [1.82, 2.24) is 19.9 Å². The third-order valence-electron chi connectivity index (χ3n) is 3.88. The highest BCUT2D eigenvalue weighted by molar-refractivity contribution is 5.94. The van der Waals surface area contributed by atoms with Crippen molar-refractivity contribution in [3.05, 3.63) is 47.6 Å². The molecule has 0 radical (unpaired) electrons. The molecule has 2 aromatic rings. The molecule has 7 nitrogen and oxygen atoms in total. The molecule has 0 N–H and O–H groups in total. The van der Waals surface area contributed by atoms with Crippen LogP contribution < -0.4 is 0 Å². The fourth-order valence-corrected chi connectivity index (χ4v) is 2.72. The molecule has 3 rings (SSSR count). The summed E-state index contributed by atoms with van der Waals surface area (Å²) in [7, 11) is 1.65. The molecule has 2 heterocycles. The van der Waals surface area contributed by atoms with E-state index in [2.05, 4.69) is 10.1 Å². The maximum Gasteiger partial charge on any atom is 0.245 e. The monoisotopic (exact) mass is 314 g/mol. The first-order valence-electron chi connectivity index (χ1n) is 7.42. The van der Waals surface area contributed by atoms with Gasteiger partial charge in [0, 0.05) is 20.4 Å². The van der Waals surface area contributed by atoms with Gasteiger partial charge in [0.2, 0.25) is 17.7 Å². The van der Waals surface area contributed by atoms with Gasteiger partial charge in [0.05, 0.1) is 13.1 Å². The van der Waals surface area contributed by atoms with Crippen molar-refractivity contribution < 1.29 is 14.1 Å². The summed E-state index contributed by atoms with van der Waals surface area (Å²) < 4.78 is 4.95. The molecule has 0 saturated carbocycles. The molecule has 1 saturated heterocycles. The van der Waals surface area contributed by atoms with Crippen LogP contribution in [0.1, 0.15) is 17.3 Å². The predicted molar refractivity (Wildman–Crippen MR) is 81.2 cm³/mol. The number of nitrogens with zero attached hydrogens (tertiary/aromatic N) is 4. The number of piperazine rings is 1. The van der Waals surface area contributed by atoms with Crippen LogP contribution in [-0.2, 0) is 22.6 Å². The van der Waals surface area contributed by atoms with Crippen LogP contribution in [0.5, 0.6) is 0 Å². The Bertz CT molecular complexity index is 713. The second-order valence-corrected chi connectivity index (χ2v) is 5.65. The molecule has 1 aromatic heterocycles. The molecule has 1 aromatic carbocycles. The van der Waals surface area contributed by atoms with Gasteiger partial charge in [-0.15, -0.1) is 0 Å². The Morgan fingerprint density at radius 1 is 1.26 bits per heavy atom. The Kier molecular flexibility index (Phi) is 4.10. The van der Waals surface area contributed by atoms with Crippen molar-refractivity contribution in [3.63, 3.8) is 0 Å². The molecule has 0 spiro atoms. The fraction of sp³-hybridized carbons (Fsp3) is 0.375. The molecule has 120 valence electrons. The summed E-state index contributed by atoms with van der Waals surface area (Å²) in [4.78, 5) is 32.1. The smallest absolute Gasteiger partial charge is 0.245 e. The first-order chi connectivity index (χ1) is 11.0. The third kappa shape index (κ3) is 3.23.